The van der Waals surface area contributed by atoms with Crippen LogP contribution in [0.25, 0.3) is 0 Å². The summed E-state index contributed by atoms with van der Waals surface area (Å²) in [5, 5.41) is 2.82. The van der Waals surface area contributed by atoms with Gasteiger partial charge in [0.2, 0.25) is 5.91 Å². The molecule has 0 bridgehead atoms. The molecule has 2 aromatic rings. The molecule has 1 unspecified atom stereocenters. The molecule has 0 spiro atoms. The fourth-order valence-electron chi connectivity index (χ4n) is 2.37. The van der Waals surface area contributed by atoms with E-state index in [0.717, 1.165) is 5.56 Å². The van der Waals surface area contributed by atoms with Crippen LogP contribution >= 0.6 is 12.4 Å². The summed E-state index contributed by atoms with van der Waals surface area (Å²) in [5.41, 5.74) is 7.67. The average Bonchev–Trinajstić information content (AvgIpc) is 2.66. The zero-order valence-corrected chi connectivity index (χ0v) is 16.0. The molecule has 0 aliphatic rings. The first-order chi connectivity index (χ1) is 12.6. The highest BCUT2D eigenvalue weighted by Crippen LogP contribution is 2.18. The van der Waals surface area contributed by atoms with Gasteiger partial charge in [-0.2, -0.15) is 0 Å². The number of carbonyl (C=O) groups excluding carboxylic acids is 2. The average molecular weight is 393 g/mol. The largest absolute Gasteiger partial charge is 0.494 e. The number of halogens is 1. The zero-order chi connectivity index (χ0) is 18.8. The minimum atomic E-state index is -0.339. The molecule has 0 aliphatic heterocycles. The first-order valence-corrected chi connectivity index (χ1v) is 8.48. The molecule has 0 heterocycles. The lowest BCUT2D eigenvalue weighted by molar-refractivity contribution is -0.140. The lowest BCUT2D eigenvalue weighted by Gasteiger charge is -2.12. The van der Waals surface area contributed by atoms with E-state index < -0.39 is 0 Å². The van der Waals surface area contributed by atoms with E-state index >= 15 is 0 Å². The van der Waals surface area contributed by atoms with Crippen LogP contribution in [0, 0.1) is 0 Å². The number of benzene rings is 2. The van der Waals surface area contributed by atoms with Gasteiger partial charge < -0.3 is 20.5 Å². The van der Waals surface area contributed by atoms with Crippen molar-refractivity contribution in [1.29, 1.82) is 0 Å². The summed E-state index contributed by atoms with van der Waals surface area (Å²) in [7, 11) is 1.36. The quantitative estimate of drug-likeness (QED) is 0.503. The third kappa shape index (κ3) is 8.11. The van der Waals surface area contributed by atoms with Crippen LogP contribution in [0.3, 0.4) is 0 Å². The van der Waals surface area contributed by atoms with Gasteiger partial charge >= 0.3 is 5.97 Å². The van der Waals surface area contributed by atoms with E-state index in [0.29, 0.717) is 30.9 Å². The number of hydrogen-bond donors (Lipinski definition) is 2. The monoisotopic (exact) mass is 392 g/mol. The maximum atomic E-state index is 12.1. The van der Waals surface area contributed by atoms with Crippen molar-refractivity contribution >= 4 is 30.0 Å². The highest BCUT2D eigenvalue weighted by Gasteiger charge is 2.11. The molecule has 2 aromatic carbocycles. The molecular formula is C20H25ClN2O4. The Bertz CT molecular complexity index is 708. The Labute approximate surface area is 165 Å². The molecular weight excluding hydrogens is 368 g/mol. The topological polar surface area (TPSA) is 90.6 Å². The van der Waals surface area contributed by atoms with Crippen molar-refractivity contribution in [1.82, 2.24) is 0 Å². The van der Waals surface area contributed by atoms with Gasteiger partial charge in [0.15, 0.2) is 0 Å². The molecule has 2 rings (SSSR count). The van der Waals surface area contributed by atoms with E-state index in [1.807, 2.05) is 30.3 Å². The zero-order valence-electron chi connectivity index (χ0n) is 15.2. The number of amides is 1. The molecule has 146 valence electrons. The van der Waals surface area contributed by atoms with Crippen molar-refractivity contribution in [2.75, 3.05) is 19.0 Å². The van der Waals surface area contributed by atoms with Gasteiger partial charge in [-0.3, -0.25) is 9.59 Å². The molecule has 1 atom stereocenters. The van der Waals surface area contributed by atoms with Gasteiger partial charge in [0.05, 0.1) is 13.7 Å². The van der Waals surface area contributed by atoms with Crippen LogP contribution in [-0.2, 0) is 14.3 Å². The van der Waals surface area contributed by atoms with E-state index in [2.05, 4.69) is 10.1 Å². The fourth-order valence-corrected chi connectivity index (χ4v) is 2.37. The minimum absolute atomic E-state index is 0. The van der Waals surface area contributed by atoms with Gasteiger partial charge in [0.25, 0.3) is 0 Å². The van der Waals surface area contributed by atoms with Crippen LogP contribution < -0.4 is 15.8 Å². The van der Waals surface area contributed by atoms with E-state index in [1.165, 1.54) is 7.11 Å². The third-order valence-corrected chi connectivity index (χ3v) is 3.79. The predicted molar refractivity (Wildman–Crippen MR) is 107 cm³/mol. The van der Waals surface area contributed by atoms with Crippen molar-refractivity contribution in [3.63, 3.8) is 0 Å². The summed E-state index contributed by atoms with van der Waals surface area (Å²) in [5.74, 6) is 0.280. The highest BCUT2D eigenvalue weighted by atomic mass is 35.5. The number of hydrogen-bond acceptors (Lipinski definition) is 5. The summed E-state index contributed by atoms with van der Waals surface area (Å²) in [4.78, 5) is 23.1. The van der Waals surface area contributed by atoms with Crippen molar-refractivity contribution in [3.8, 4) is 5.75 Å². The molecule has 1 amide bonds. The number of esters is 1. The van der Waals surface area contributed by atoms with Crippen molar-refractivity contribution < 1.29 is 19.1 Å². The second-order valence-electron chi connectivity index (χ2n) is 5.82. The Hall–Kier alpha value is -2.57. The number of nitrogens with one attached hydrogen (secondary N) is 1. The Morgan fingerprint density at radius 3 is 2.37 bits per heavy atom. The summed E-state index contributed by atoms with van der Waals surface area (Å²) >= 11 is 0. The summed E-state index contributed by atoms with van der Waals surface area (Å²) in [6.45, 7) is 0.423. The van der Waals surface area contributed by atoms with Gasteiger partial charge in [-0.25, -0.2) is 0 Å². The second kappa shape index (κ2) is 11.9. The minimum Gasteiger partial charge on any atom is -0.494 e. The Morgan fingerprint density at radius 2 is 1.74 bits per heavy atom. The molecule has 0 saturated heterocycles. The first kappa shape index (κ1) is 22.5. The lowest BCUT2D eigenvalue weighted by Crippen LogP contribution is -2.20. The van der Waals surface area contributed by atoms with Crippen LogP contribution in [0.4, 0.5) is 5.69 Å². The number of anilines is 1. The van der Waals surface area contributed by atoms with Crippen LogP contribution in [-0.4, -0.2) is 25.6 Å². The van der Waals surface area contributed by atoms with Crippen LogP contribution in [0.2, 0.25) is 0 Å². The fraction of sp³-hybridized carbons (Fsp3) is 0.300. The lowest BCUT2D eigenvalue weighted by atomic mass is 10.0. The van der Waals surface area contributed by atoms with Gasteiger partial charge in [0.1, 0.15) is 5.75 Å². The van der Waals surface area contributed by atoms with Gasteiger partial charge in [-0.15, -0.1) is 12.4 Å². The number of carbonyl (C=O) groups is 2. The number of rotatable bonds is 9. The Kier molecular flexibility index (Phi) is 9.93. The predicted octanol–water partition coefficient (Wildman–Crippen LogP) is 3.47. The Balaban J connectivity index is 0.00000364. The molecule has 0 aliphatic carbocycles. The standard InChI is InChI=1S/C20H24N2O4.ClH/c1-25-20(24)8-5-13-26-17-11-9-16(10-12-17)22-19(23)14-18(21)15-6-3-2-4-7-15;/h2-4,6-7,9-12,18H,5,8,13-14,21H2,1H3,(H,22,23);1H. The molecule has 0 fully saturated rings. The molecule has 0 saturated carbocycles. The first-order valence-electron chi connectivity index (χ1n) is 8.48. The number of ether oxygens (including phenoxy) is 2. The SMILES string of the molecule is COC(=O)CCCOc1ccc(NC(=O)CC(N)c2ccccc2)cc1.Cl. The molecule has 6 nitrogen and oxygen atoms in total. The summed E-state index contributed by atoms with van der Waals surface area (Å²) in [6, 6.07) is 16.3. The van der Waals surface area contributed by atoms with Crippen molar-refractivity contribution in [3.05, 3.63) is 60.2 Å². The summed E-state index contributed by atoms with van der Waals surface area (Å²) < 4.78 is 10.1. The van der Waals surface area contributed by atoms with Gasteiger partial charge in [0, 0.05) is 24.6 Å². The van der Waals surface area contributed by atoms with Crippen LogP contribution in [0.5, 0.6) is 5.75 Å². The maximum Gasteiger partial charge on any atom is 0.305 e. The third-order valence-electron chi connectivity index (χ3n) is 3.79. The summed E-state index contributed by atoms with van der Waals surface area (Å²) in [6.07, 6.45) is 1.12. The highest BCUT2D eigenvalue weighted by molar-refractivity contribution is 5.91. The molecule has 27 heavy (non-hydrogen) atoms. The molecule has 3 N–H and O–H groups in total. The molecule has 7 heteroatoms. The van der Waals surface area contributed by atoms with Gasteiger partial charge in [-0.05, 0) is 36.2 Å². The normalized spacial score (nSPS) is 11.0. The van der Waals surface area contributed by atoms with Gasteiger partial charge in [-0.1, -0.05) is 30.3 Å². The van der Waals surface area contributed by atoms with E-state index in [1.54, 1.807) is 24.3 Å². The number of methoxy groups -OCH3 is 1. The number of nitrogens with two attached hydrogens (primary N) is 1. The smallest absolute Gasteiger partial charge is 0.305 e. The van der Waals surface area contributed by atoms with Crippen molar-refractivity contribution in [2.45, 2.75) is 25.3 Å². The van der Waals surface area contributed by atoms with Crippen molar-refractivity contribution in [2.24, 2.45) is 5.73 Å². The van der Waals surface area contributed by atoms with E-state index in [-0.39, 0.29) is 36.7 Å². The maximum absolute atomic E-state index is 12.1. The molecule has 0 radical (unpaired) electrons. The second-order valence-corrected chi connectivity index (χ2v) is 5.82. The van der Waals surface area contributed by atoms with E-state index in [9.17, 15) is 9.59 Å². The Morgan fingerprint density at radius 1 is 1.07 bits per heavy atom. The van der Waals surface area contributed by atoms with Crippen LogP contribution in [0.15, 0.2) is 54.6 Å². The molecule has 0 aromatic heterocycles. The van der Waals surface area contributed by atoms with Crippen LogP contribution in [0.1, 0.15) is 30.9 Å². The van der Waals surface area contributed by atoms with E-state index in [4.69, 9.17) is 10.5 Å².